The number of rotatable bonds is 7. The summed E-state index contributed by atoms with van der Waals surface area (Å²) in [5, 5.41) is 0. The highest BCUT2D eigenvalue weighted by Gasteiger charge is 2.24. The molecule has 3 heterocycles. The second-order valence-corrected chi connectivity index (χ2v) is 7.57. The van der Waals surface area contributed by atoms with E-state index >= 15 is 0 Å². The summed E-state index contributed by atoms with van der Waals surface area (Å²) in [6.45, 7) is 7.94. The predicted octanol–water partition coefficient (Wildman–Crippen LogP) is 2.90. The highest BCUT2D eigenvalue weighted by Crippen LogP contribution is 2.30. The van der Waals surface area contributed by atoms with Gasteiger partial charge in [0.25, 0.3) is 5.88 Å². The van der Waals surface area contributed by atoms with E-state index in [9.17, 15) is 0 Å². The van der Waals surface area contributed by atoms with E-state index in [0.29, 0.717) is 31.2 Å². The van der Waals surface area contributed by atoms with E-state index in [0.717, 1.165) is 31.0 Å². The predicted molar refractivity (Wildman–Crippen MR) is 101 cm³/mol. The molecule has 2 atom stereocenters. The van der Waals surface area contributed by atoms with E-state index in [4.69, 9.17) is 14.5 Å². The number of likely N-dealkylation sites (tertiary alicyclic amines) is 2. The summed E-state index contributed by atoms with van der Waals surface area (Å²) in [6.07, 6.45) is 5.88. The van der Waals surface area contributed by atoms with Crippen LogP contribution in [-0.2, 0) is 6.42 Å². The van der Waals surface area contributed by atoms with Crippen LogP contribution in [0.1, 0.15) is 43.9 Å². The van der Waals surface area contributed by atoms with Crippen LogP contribution in [0.15, 0.2) is 6.07 Å². The molecule has 1 aromatic rings. The molecule has 0 bridgehead atoms. The van der Waals surface area contributed by atoms with E-state index in [1.54, 1.807) is 0 Å². The molecule has 140 valence electrons. The molecule has 2 aliphatic rings. The number of nitrogens with zero attached hydrogens (tertiary/aromatic N) is 3. The lowest BCUT2D eigenvalue weighted by atomic mass is 10.1. The zero-order chi connectivity index (χ0) is 17.8. The maximum absolute atomic E-state index is 6.19. The van der Waals surface area contributed by atoms with Gasteiger partial charge in [0.2, 0.25) is 0 Å². The Hall–Kier alpha value is -1.33. The number of likely N-dealkylation sites (N-methyl/N-ethyl adjacent to an activating group) is 2. The SMILES string of the molecule is CCc1cc(OC[C@H]2CCCN2C)c(OC[C@H]2CCCN2C)nc1C. The van der Waals surface area contributed by atoms with Crippen LogP contribution in [0.4, 0.5) is 0 Å². The molecule has 2 fully saturated rings. The molecule has 3 rings (SSSR count). The molecule has 2 saturated heterocycles. The van der Waals surface area contributed by atoms with E-state index in [1.165, 1.54) is 31.2 Å². The standard InChI is InChI=1S/C20H33N3O2/c1-5-16-12-19(24-13-17-8-6-10-22(17)3)20(21-15(16)2)25-14-18-9-7-11-23(18)4/h12,17-18H,5-11,13-14H2,1-4H3/t17-,18-/m1/s1. The molecule has 5 heteroatoms. The van der Waals surface area contributed by atoms with Crippen molar-refractivity contribution < 1.29 is 9.47 Å². The van der Waals surface area contributed by atoms with Gasteiger partial charge in [-0.25, -0.2) is 4.98 Å². The summed E-state index contributed by atoms with van der Waals surface area (Å²) >= 11 is 0. The topological polar surface area (TPSA) is 37.8 Å². The molecular weight excluding hydrogens is 314 g/mol. The molecule has 2 aliphatic heterocycles. The van der Waals surface area contributed by atoms with Crippen molar-refractivity contribution in [3.8, 4) is 11.6 Å². The van der Waals surface area contributed by atoms with Crippen LogP contribution in [0, 0.1) is 6.92 Å². The van der Waals surface area contributed by atoms with Gasteiger partial charge >= 0.3 is 0 Å². The van der Waals surface area contributed by atoms with Crippen molar-refractivity contribution in [2.24, 2.45) is 0 Å². The van der Waals surface area contributed by atoms with Crippen molar-refractivity contribution in [1.82, 2.24) is 14.8 Å². The first-order valence-electron chi connectivity index (χ1n) is 9.75. The first-order chi connectivity index (χ1) is 12.1. The molecule has 5 nitrogen and oxygen atoms in total. The molecule has 0 aromatic carbocycles. The Bertz CT molecular complexity index is 578. The second-order valence-electron chi connectivity index (χ2n) is 7.57. The fraction of sp³-hybridized carbons (Fsp3) is 0.750. The Morgan fingerprint density at radius 3 is 2.16 bits per heavy atom. The smallest absolute Gasteiger partial charge is 0.257 e. The minimum atomic E-state index is 0.488. The molecule has 25 heavy (non-hydrogen) atoms. The Balaban J connectivity index is 1.69. The molecule has 0 saturated carbocycles. The van der Waals surface area contributed by atoms with Crippen LogP contribution in [0.3, 0.4) is 0 Å². The summed E-state index contributed by atoms with van der Waals surface area (Å²) < 4.78 is 12.3. The molecule has 0 aliphatic carbocycles. The maximum atomic E-state index is 6.19. The van der Waals surface area contributed by atoms with Gasteiger partial charge in [-0.2, -0.15) is 0 Å². The number of pyridine rings is 1. The maximum Gasteiger partial charge on any atom is 0.257 e. The lowest BCUT2D eigenvalue weighted by Crippen LogP contribution is -2.31. The zero-order valence-electron chi connectivity index (χ0n) is 16.3. The van der Waals surface area contributed by atoms with Gasteiger partial charge in [-0.3, -0.25) is 0 Å². The summed E-state index contributed by atoms with van der Waals surface area (Å²) in [6, 6.07) is 3.12. The third kappa shape index (κ3) is 4.45. The lowest BCUT2D eigenvalue weighted by molar-refractivity contribution is 0.169. The van der Waals surface area contributed by atoms with Crippen molar-refractivity contribution in [3.63, 3.8) is 0 Å². The largest absolute Gasteiger partial charge is 0.486 e. The summed E-state index contributed by atoms with van der Waals surface area (Å²) in [7, 11) is 4.35. The highest BCUT2D eigenvalue weighted by molar-refractivity contribution is 5.39. The van der Waals surface area contributed by atoms with E-state index in [2.05, 4.69) is 43.8 Å². The first kappa shape index (κ1) is 18.5. The number of aryl methyl sites for hydroxylation is 2. The van der Waals surface area contributed by atoms with Crippen LogP contribution in [0.25, 0.3) is 0 Å². The molecule has 1 aromatic heterocycles. The summed E-state index contributed by atoms with van der Waals surface area (Å²) in [5.74, 6) is 1.47. The van der Waals surface area contributed by atoms with Gasteiger partial charge in [-0.05, 0) is 77.8 Å². The van der Waals surface area contributed by atoms with Crippen molar-refractivity contribution >= 4 is 0 Å². The lowest BCUT2D eigenvalue weighted by Gasteiger charge is -2.23. The van der Waals surface area contributed by atoms with Gasteiger partial charge in [0, 0.05) is 17.8 Å². The fourth-order valence-electron chi connectivity index (χ4n) is 3.91. The van der Waals surface area contributed by atoms with Crippen LogP contribution >= 0.6 is 0 Å². The van der Waals surface area contributed by atoms with Gasteiger partial charge in [-0.15, -0.1) is 0 Å². The van der Waals surface area contributed by atoms with Crippen LogP contribution < -0.4 is 9.47 Å². The fourth-order valence-corrected chi connectivity index (χ4v) is 3.91. The summed E-state index contributed by atoms with van der Waals surface area (Å²) in [4.78, 5) is 9.48. The van der Waals surface area contributed by atoms with Crippen molar-refractivity contribution in [2.45, 2.75) is 58.0 Å². The van der Waals surface area contributed by atoms with Gasteiger partial charge in [-0.1, -0.05) is 6.92 Å². The van der Waals surface area contributed by atoms with Crippen molar-refractivity contribution in [3.05, 3.63) is 17.3 Å². The average Bonchev–Trinajstić information content (AvgIpc) is 3.20. The van der Waals surface area contributed by atoms with Gasteiger partial charge in [0.05, 0.1) is 0 Å². The van der Waals surface area contributed by atoms with Crippen LogP contribution in [-0.4, -0.2) is 67.3 Å². The molecule has 0 N–H and O–H groups in total. The van der Waals surface area contributed by atoms with Gasteiger partial charge in [0.15, 0.2) is 5.75 Å². The van der Waals surface area contributed by atoms with E-state index in [1.807, 2.05) is 0 Å². The van der Waals surface area contributed by atoms with Crippen LogP contribution in [0.2, 0.25) is 0 Å². The van der Waals surface area contributed by atoms with E-state index in [-0.39, 0.29) is 0 Å². The Labute approximate surface area is 152 Å². The molecule has 0 amide bonds. The molecule has 0 unspecified atom stereocenters. The Morgan fingerprint density at radius 2 is 1.64 bits per heavy atom. The monoisotopic (exact) mass is 347 g/mol. The third-order valence-electron chi connectivity index (χ3n) is 5.82. The minimum Gasteiger partial charge on any atom is -0.486 e. The quantitative estimate of drug-likeness (QED) is 0.758. The normalized spacial score (nSPS) is 24.8. The highest BCUT2D eigenvalue weighted by atomic mass is 16.5. The van der Waals surface area contributed by atoms with Crippen molar-refractivity contribution in [1.29, 1.82) is 0 Å². The third-order valence-corrected chi connectivity index (χ3v) is 5.82. The Morgan fingerprint density at radius 1 is 1.04 bits per heavy atom. The van der Waals surface area contributed by atoms with Crippen molar-refractivity contribution in [2.75, 3.05) is 40.4 Å². The average molecular weight is 348 g/mol. The Kier molecular flexibility index (Phi) is 6.18. The molecular formula is C20H33N3O2. The zero-order valence-corrected chi connectivity index (χ0v) is 16.3. The first-order valence-corrected chi connectivity index (χ1v) is 9.75. The van der Waals surface area contributed by atoms with Crippen LogP contribution in [0.5, 0.6) is 11.6 Å². The van der Waals surface area contributed by atoms with Gasteiger partial charge in [0.1, 0.15) is 13.2 Å². The second kappa shape index (κ2) is 8.37. The number of hydrogen-bond acceptors (Lipinski definition) is 5. The minimum absolute atomic E-state index is 0.488. The number of ether oxygens (including phenoxy) is 2. The van der Waals surface area contributed by atoms with Gasteiger partial charge < -0.3 is 19.3 Å². The molecule has 0 spiro atoms. The number of hydrogen-bond donors (Lipinski definition) is 0. The van der Waals surface area contributed by atoms with E-state index < -0.39 is 0 Å². The number of aromatic nitrogens is 1. The molecule has 0 radical (unpaired) electrons. The summed E-state index contributed by atoms with van der Waals surface area (Å²) in [5.41, 5.74) is 2.28.